The lowest BCUT2D eigenvalue weighted by Crippen LogP contribution is -2.06. The lowest BCUT2D eigenvalue weighted by Gasteiger charge is -2.00. The molecule has 0 radical (unpaired) electrons. The second-order valence-electron chi connectivity index (χ2n) is 4.24. The Morgan fingerprint density at radius 2 is 2.14 bits per heavy atom. The van der Waals surface area contributed by atoms with Crippen LogP contribution < -0.4 is 0 Å². The van der Waals surface area contributed by atoms with Crippen LogP contribution in [0.5, 0.6) is 0 Å². The molecule has 22 heavy (non-hydrogen) atoms. The van der Waals surface area contributed by atoms with E-state index >= 15 is 0 Å². The van der Waals surface area contributed by atoms with E-state index in [0.29, 0.717) is 16.5 Å². The summed E-state index contributed by atoms with van der Waals surface area (Å²) in [5.41, 5.74) is 0.582. The first-order valence-electron chi connectivity index (χ1n) is 6.40. The number of esters is 1. The van der Waals surface area contributed by atoms with E-state index in [4.69, 9.17) is 26.0 Å². The van der Waals surface area contributed by atoms with Crippen molar-refractivity contribution in [2.75, 3.05) is 6.61 Å². The third-order valence-electron chi connectivity index (χ3n) is 2.73. The van der Waals surface area contributed by atoms with Crippen molar-refractivity contribution in [3.8, 4) is 17.4 Å². The van der Waals surface area contributed by atoms with Crippen molar-refractivity contribution in [1.29, 1.82) is 5.26 Å². The number of benzene rings is 1. The molecule has 0 spiro atoms. The number of rotatable bonds is 5. The molecule has 0 aliphatic carbocycles. The van der Waals surface area contributed by atoms with Gasteiger partial charge in [0.2, 0.25) is 0 Å². The van der Waals surface area contributed by atoms with Crippen LogP contribution in [0.25, 0.3) is 17.4 Å². The molecule has 0 amide bonds. The normalized spacial score (nSPS) is 10.8. The van der Waals surface area contributed by atoms with Gasteiger partial charge in [0.1, 0.15) is 29.8 Å². The van der Waals surface area contributed by atoms with Gasteiger partial charge in [0.05, 0.1) is 5.02 Å². The fraction of sp³-hybridized carbons (Fsp3) is 0.0588. The van der Waals surface area contributed by atoms with E-state index in [1.165, 1.54) is 12.2 Å². The van der Waals surface area contributed by atoms with Crippen LogP contribution in [0.2, 0.25) is 5.02 Å². The fourth-order valence-corrected chi connectivity index (χ4v) is 1.96. The molecular weight excluding hydrogens is 302 g/mol. The number of ether oxygens (including phenoxy) is 1. The van der Waals surface area contributed by atoms with E-state index < -0.39 is 5.97 Å². The topological polar surface area (TPSA) is 63.2 Å². The fourth-order valence-electron chi connectivity index (χ4n) is 1.73. The quantitative estimate of drug-likeness (QED) is 0.358. The number of nitriles is 1. The average molecular weight is 314 g/mol. The first-order valence-corrected chi connectivity index (χ1v) is 6.78. The van der Waals surface area contributed by atoms with Crippen molar-refractivity contribution in [2.45, 2.75) is 0 Å². The van der Waals surface area contributed by atoms with E-state index in [9.17, 15) is 4.79 Å². The predicted octanol–water partition coefficient (Wildman–Crippen LogP) is 4.24. The number of hydrogen-bond donors (Lipinski definition) is 0. The molecule has 0 unspecified atom stereocenters. The lowest BCUT2D eigenvalue weighted by molar-refractivity contribution is -0.137. The van der Waals surface area contributed by atoms with Crippen molar-refractivity contribution in [1.82, 2.24) is 0 Å². The molecular formula is C17H12ClNO3. The Morgan fingerprint density at radius 1 is 1.36 bits per heavy atom. The number of nitrogens with zero attached hydrogens (tertiary/aromatic N) is 1. The van der Waals surface area contributed by atoms with Crippen LogP contribution in [0.15, 0.2) is 59.0 Å². The van der Waals surface area contributed by atoms with E-state index in [1.807, 2.05) is 18.2 Å². The number of halogens is 1. The first kappa shape index (κ1) is 15.6. The van der Waals surface area contributed by atoms with Crippen molar-refractivity contribution in [2.24, 2.45) is 0 Å². The molecule has 110 valence electrons. The van der Waals surface area contributed by atoms with Crippen LogP contribution in [-0.2, 0) is 9.53 Å². The van der Waals surface area contributed by atoms with E-state index in [2.05, 4.69) is 6.58 Å². The maximum Gasteiger partial charge on any atom is 0.349 e. The Hall–Kier alpha value is -2.77. The summed E-state index contributed by atoms with van der Waals surface area (Å²) in [4.78, 5) is 11.6. The third-order valence-corrected chi connectivity index (χ3v) is 3.05. The minimum atomic E-state index is -0.724. The van der Waals surface area contributed by atoms with Crippen molar-refractivity contribution in [3.63, 3.8) is 0 Å². The van der Waals surface area contributed by atoms with Gasteiger partial charge >= 0.3 is 5.97 Å². The van der Waals surface area contributed by atoms with Crippen LogP contribution in [0.4, 0.5) is 0 Å². The molecule has 0 fully saturated rings. The Labute approximate surface area is 132 Å². The van der Waals surface area contributed by atoms with Crippen molar-refractivity contribution in [3.05, 3.63) is 65.4 Å². The summed E-state index contributed by atoms with van der Waals surface area (Å²) >= 11 is 6.10. The molecule has 0 saturated carbocycles. The molecule has 0 saturated heterocycles. The minimum absolute atomic E-state index is 0.0425. The average Bonchev–Trinajstić information content (AvgIpc) is 2.99. The van der Waals surface area contributed by atoms with Gasteiger partial charge in [-0.15, -0.1) is 0 Å². The lowest BCUT2D eigenvalue weighted by atomic mass is 10.2. The Morgan fingerprint density at radius 3 is 2.82 bits per heavy atom. The van der Waals surface area contributed by atoms with Gasteiger partial charge in [-0.3, -0.25) is 0 Å². The smallest absolute Gasteiger partial charge is 0.349 e. The first-order chi connectivity index (χ1) is 10.7. The van der Waals surface area contributed by atoms with Crippen LogP contribution in [-0.4, -0.2) is 12.6 Å². The van der Waals surface area contributed by atoms with Gasteiger partial charge < -0.3 is 9.15 Å². The van der Waals surface area contributed by atoms with Gasteiger partial charge in [-0.1, -0.05) is 36.4 Å². The number of furan rings is 1. The standard InChI is InChI=1S/C17H12ClNO3/c1-2-9-21-17(20)12(11-19)10-13-7-8-16(22-13)14-5-3-4-6-15(14)18/h2-8,10H,1,9H2/b12-10+. The largest absolute Gasteiger partial charge is 0.457 e. The summed E-state index contributed by atoms with van der Waals surface area (Å²) < 4.78 is 10.4. The summed E-state index contributed by atoms with van der Waals surface area (Å²) in [6.45, 7) is 3.48. The van der Waals surface area contributed by atoms with Crippen LogP contribution >= 0.6 is 11.6 Å². The van der Waals surface area contributed by atoms with Gasteiger partial charge in [-0.25, -0.2) is 4.79 Å². The van der Waals surface area contributed by atoms with Crippen molar-refractivity contribution < 1.29 is 13.9 Å². The third kappa shape index (κ3) is 3.66. The molecule has 0 atom stereocenters. The highest BCUT2D eigenvalue weighted by atomic mass is 35.5. The van der Waals surface area contributed by atoms with E-state index in [1.54, 1.807) is 24.3 Å². The summed E-state index contributed by atoms with van der Waals surface area (Å²) in [7, 11) is 0. The molecule has 1 aromatic carbocycles. The zero-order chi connectivity index (χ0) is 15.9. The number of carbonyl (C=O) groups excluding carboxylic acids is 1. The number of carbonyl (C=O) groups is 1. The molecule has 2 aromatic rings. The van der Waals surface area contributed by atoms with Gasteiger partial charge in [-0.05, 0) is 24.3 Å². The van der Waals surface area contributed by atoms with Gasteiger partial charge in [-0.2, -0.15) is 5.26 Å². The van der Waals surface area contributed by atoms with Gasteiger partial charge in [0.25, 0.3) is 0 Å². The molecule has 5 heteroatoms. The summed E-state index contributed by atoms with van der Waals surface area (Å²) in [5, 5.41) is 9.57. The van der Waals surface area contributed by atoms with Crippen molar-refractivity contribution >= 4 is 23.6 Å². The molecule has 0 aliphatic rings. The highest BCUT2D eigenvalue weighted by Gasteiger charge is 2.12. The summed E-state index contributed by atoms with van der Waals surface area (Å²) in [6.07, 6.45) is 2.75. The van der Waals surface area contributed by atoms with Crippen LogP contribution in [0.3, 0.4) is 0 Å². The highest BCUT2D eigenvalue weighted by molar-refractivity contribution is 6.33. The maximum absolute atomic E-state index is 11.6. The van der Waals surface area contributed by atoms with Crippen LogP contribution in [0, 0.1) is 11.3 Å². The van der Waals surface area contributed by atoms with E-state index in [-0.39, 0.29) is 12.2 Å². The zero-order valence-electron chi connectivity index (χ0n) is 11.6. The van der Waals surface area contributed by atoms with E-state index in [0.717, 1.165) is 5.56 Å². The highest BCUT2D eigenvalue weighted by Crippen LogP contribution is 2.29. The summed E-state index contributed by atoms with van der Waals surface area (Å²) in [6, 6.07) is 12.4. The Bertz CT molecular complexity index is 768. The zero-order valence-corrected chi connectivity index (χ0v) is 12.3. The molecule has 1 heterocycles. The molecule has 1 aromatic heterocycles. The predicted molar refractivity (Wildman–Crippen MR) is 83.9 cm³/mol. The molecule has 0 N–H and O–H groups in total. The Kier molecular flexibility index (Phi) is 5.18. The molecule has 0 bridgehead atoms. The molecule has 2 rings (SSSR count). The molecule has 0 aliphatic heterocycles. The molecule has 4 nitrogen and oxygen atoms in total. The second-order valence-corrected chi connectivity index (χ2v) is 4.65. The summed E-state index contributed by atoms with van der Waals surface area (Å²) in [5.74, 6) is 0.189. The Balaban J connectivity index is 2.26. The maximum atomic E-state index is 11.6. The van der Waals surface area contributed by atoms with Gasteiger partial charge in [0.15, 0.2) is 0 Å². The number of hydrogen-bond acceptors (Lipinski definition) is 4. The monoisotopic (exact) mass is 313 g/mol. The SMILES string of the molecule is C=CCOC(=O)/C(C#N)=C/c1ccc(-c2ccccc2Cl)o1. The van der Waals surface area contributed by atoms with Gasteiger partial charge in [0, 0.05) is 11.6 Å². The minimum Gasteiger partial charge on any atom is -0.457 e. The van der Waals surface area contributed by atoms with Crippen LogP contribution in [0.1, 0.15) is 5.76 Å². The second kappa shape index (κ2) is 7.30.